The lowest BCUT2D eigenvalue weighted by atomic mass is 10.7. The smallest absolute Gasteiger partial charge is 0.234 e. The minimum atomic E-state index is -0.375. The molecule has 0 saturated carbocycles. The van der Waals surface area contributed by atoms with Crippen LogP contribution in [0.5, 0.6) is 0 Å². The zero-order valence-corrected chi connectivity index (χ0v) is 7.25. The average Bonchev–Trinajstić information content (AvgIpc) is 2.49. The van der Waals surface area contributed by atoms with Gasteiger partial charge in [0, 0.05) is 24.7 Å². The van der Waals surface area contributed by atoms with Gasteiger partial charge in [0.15, 0.2) is 0 Å². The molecule has 4 nitrogen and oxygen atoms in total. The molecule has 0 aliphatic rings. The molecular formula is C7H5BrN4. The number of hydrogen-bond donors (Lipinski definition) is 0. The predicted octanol–water partition coefficient (Wildman–Crippen LogP) is 1.42. The van der Waals surface area contributed by atoms with Crippen molar-refractivity contribution in [3.05, 3.63) is 35.5 Å². The van der Waals surface area contributed by atoms with Crippen molar-refractivity contribution in [1.29, 1.82) is 0 Å². The van der Waals surface area contributed by atoms with E-state index in [2.05, 4.69) is 30.9 Å². The van der Waals surface area contributed by atoms with Gasteiger partial charge < -0.3 is 0 Å². The van der Waals surface area contributed by atoms with E-state index >= 15 is 0 Å². The molecule has 12 heavy (non-hydrogen) atoms. The van der Waals surface area contributed by atoms with Crippen molar-refractivity contribution in [2.45, 2.75) is 0 Å². The zero-order chi connectivity index (χ0) is 12.7. The standard InChI is InChI=1S/C7H5BrN4/c8-6-3-10-7(11-4-6)12-2-1-9-5-12/h1-5H/i1D,2D,3D,4D,5D. The average molecular weight is 230 g/mol. The second-order valence-corrected chi connectivity index (χ2v) is 2.63. The third kappa shape index (κ3) is 1.35. The van der Waals surface area contributed by atoms with E-state index in [9.17, 15) is 0 Å². The summed E-state index contributed by atoms with van der Waals surface area (Å²) in [5, 5.41) is 0. The summed E-state index contributed by atoms with van der Waals surface area (Å²) in [4.78, 5) is 10.9. The van der Waals surface area contributed by atoms with Crippen LogP contribution in [-0.2, 0) is 0 Å². The Balaban J connectivity index is 2.69. The molecule has 0 aromatic carbocycles. The SMILES string of the molecule is [2H]c1nc(-n2c([2H])nc([2H])c2[2H])nc([2H])c1Br. The van der Waals surface area contributed by atoms with E-state index in [4.69, 9.17) is 6.85 Å². The molecular weight excluding hydrogens is 220 g/mol. The van der Waals surface area contributed by atoms with E-state index in [-0.39, 0.29) is 41.4 Å². The Hall–Kier alpha value is -1.23. The minimum absolute atomic E-state index is 0.130. The third-order valence-electron chi connectivity index (χ3n) is 1.08. The van der Waals surface area contributed by atoms with Crippen molar-refractivity contribution in [3.8, 4) is 5.95 Å². The van der Waals surface area contributed by atoms with Gasteiger partial charge in [0.05, 0.1) is 9.96 Å². The molecule has 2 heterocycles. The van der Waals surface area contributed by atoms with Crippen LogP contribution in [0.1, 0.15) is 6.85 Å². The van der Waals surface area contributed by atoms with Crippen LogP contribution < -0.4 is 0 Å². The summed E-state index contributed by atoms with van der Waals surface area (Å²) in [6.07, 6.45) is -1.55. The first-order chi connectivity index (χ1) is 7.91. The highest BCUT2D eigenvalue weighted by atomic mass is 79.9. The molecule has 60 valence electrons. The minimum Gasteiger partial charge on any atom is -0.274 e. The molecule has 2 rings (SSSR count). The van der Waals surface area contributed by atoms with Crippen LogP contribution in [0, 0.1) is 0 Å². The fourth-order valence-electron chi connectivity index (χ4n) is 0.618. The summed E-state index contributed by atoms with van der Waals surface area (Å²) >= 11 is 2.97. The maximum Gasteiger partial charge on any atom is 0.234 e. The van der Waals surface area contributed by atoms with Gasteiger partial charge in [-0.2, -0.15) is 0 Å². The third-order valence-corrected chi connectivity index (χ3v) is 1.43. The first kappa shape index (κ1) is 3.66. The van der Waals surface area contributed by atoms with Gasteiger partial charge >= 0.3 is 0 Å². The highest BCUT2D eigenvalue weighted by Gasteiger charge is 1.96. The molecule has 0 amide bonds. The van der Waals surface area contributed by atoms with Gasteiger partial charge in [-0.3, -0.25) is 4.57 Å². The summed E-state index contributed by atoms with van der Waals surface area (Å²) in [6.45, 7) is 0. The van der Waals surface area contributed by atoms with Crippen LogP contribution in [0.25, 0.3) is 5.95 Å². The quantitative estimate of drug-likeness (QED) is 0.744. The van der Waals surface area contributed by atoms with E-state index in [0.717, 1.165) is 4.57 Å². The fourth-order valence-corrected chi connectivity index (χ4v) is 0.795. The van der Waals surface area contributed by atoms with Gasteiger partial charge in [-0.25, -0.2) is 15.0 Å². The van der Waals surface area contributed by atoms with E-state index in [1.54, 1.807) is 0 Å². The van der Waals surface area contributed by atoms with Crippen LogP contribution >= 0.6 is 15.9 Å². The number of aromatic nitrogens is 4. The summed E-state index contributed by atoms with van der Waals surface area (Å²) in [5.41, 5.74) is 0. The molecule has 0 spiro atoms. The van der Waals surface area contributed by atoms with Crippen molar-refractivity contribution in [2.75, 3.05) is 0 Å². The predicted molar refractivity (Wildman–Crippen MR) is 46.9 cm³/mol. The van der Waals surface area contributed by atoms with Gasteiger partial charge in [-0.15, -0.1) is 0 Å². The number of nitrogens with zero attached hydrogens (tertiary/aromatic N) is 4. The molecule has 2 aromatic heterocycles. The van der Waals surface area contributed by atoms with E-state index in [1.807, 2.05) is 0 Å². The largest absolute Gasteiger partial charge is 0.274 e. The maximum absolute atomic E-state index is 7.53. The van der Waals surface area contributed by atoms with E-state index in [0.29, 0.717) is 0 Å². The van der Waals surface area contributed by atoms with Gasteiger partial charge in [-0.1, -0.05) is 0 Å². The van der Waals surface area contributed by atoms with Crippen molar-refractivity contribution in [1.82, 2.24) is 19.5 Å². The lowest BCUT2D eigenvalue weighted by molar-refractivity contribution is 0.921. The monoisotopic (exact) mass is 229 g/mol. The summed E-state index contributed by atoms with van der Waals surface area (Å²) in [5.74, 6) is -0.177. The molecule has 0 aliphatic carbocycles. The summed E-state index contributed by atoms with van der Waals surface area (Å²) < 4.78 is 38.2. The Labute approximate surface area is 84.5 Å². The molecule has 0 fully saturated rings. The Morgan fingerprint density at radius 3 is 2.75 bits per heavy atom. The number of halogens is 1. The molecule has 0 atom stereocenters. The highest BCUT2D eigenvalue weighted by Crippen LogP contribution is 2.06. The van der Waals surface area contributed by atoms with Crippen LogP contribution in [0.3, 0.4) is 0 Å². The van der Waals surface area contributed by atoms with Gasteiger partial charge in [-0.05, 0) is 15.9 Å². The summed E-state index contributed by atoms with van der Waals surface area (Å²) in [6, 6.07) is 0. The molecule has 2 aromatic rings. The van der Waals surface area contributed by atoms with Crippen molar-refractivity contribution < 1.29 is 6.85 Å². The van der Waals surface area contributed by atoms with Gasteiger partial charge in [0.25, 0.3) is 0 Å². The zero-order valence-electron chi connectivity index (χ0n) is 10.7. The second-order valence-electron chi connectivity index (χ2n) is 1.83. The normalized spacial score (nSPS) is 15.9. The Morgan fingerprint density at radius 1 is 1.42 bits per heavy atom. The lowest BCUT2D eigenvalue weighted by Gasteiger charge is -1.97. The Morgan fingerprint density at radius 2 is 2.17 bits per heavy atom. The van der Waals surface area contributed by atoms with E-state index < -0.39 is 0 Å². The Kier molecular flexibility index (Phi) is 0.920. The Bertz CT molecular complexity index is 575. The first-order valence-corrected chi connectivity index (χ1v) is 3.74. The lowest BCUT2D eigenvalue weighted by Crippen LogP contribution is -1.96. The molecule has 0 N–H and O–H groups in total. The second kappa shape index (κ2) is 3.02. The number of imidazole rings is 1. The van der Waals surface area contributed by atoms with Crippen LogP contribution in [-0.4, -0.2) is 19.5 Å². The molecule has 0 bridgehead atoms. The molecule has 0 radical (unpaired) electrons. The van der Waals surface area contributed by atoms with Crippen molar-refractivity contribution >= 4 is 15.9 Å². The van der Waals surface area contributed by atoms with Crippen molar-refractivity contribution in [3.63, 3.8) is 0 Å². The first-order valence-electron chi connectivity index (χ1n) is 5.45. The van der Waals surface area contributed by atoms with Crippen LogP contribution in [0.2, 0.25) is 0 Å². The topological polar surface area (TPSA) is 43.6 Å². The summed E-state index contributed by atoms with van der Waals surface area (Å²) in [7, 11) is 0. The van der Waals surface area contributed by atoms with Crippen molar-refractivity contribution in [2.24, 2.45) is 0 Å². The number of hydrogen-bond acceptors (Lipinski definition) is 3. The number of rotatable bonds is 1. The fraction of sp³-hybridized carbons (Fsp3) is 0. The van der Waals surface area contributed by atoms with Crippen LogP contribution in [0.15, 0.2) is 35.5 Å². The molecule has 5 heteroatoms. The van der Waals surface area contributed by atoms with Crippen LogP contribution in [0.4, 0.5) is 0 Å². The highest BCUT2D eigenvalue weighted by molar-refractivity contribution is 9.10. The maximum atomic E-state index is 7.53. The molecule has 0 aliphatic heterocycles. The van der Waals surface area contributed by atoms with E-state index in [1.165, 1.54) is 0 Å². The van der Waals surface area contributed by atoms with Gasteiger partial charge in [0.2, 0.25) is 5.95 Å². The van der Waals surface area contributed by atoms with Gasteiger partial charge in [0.1, 0.15) is 7.67 Å². The molecule has 0 saturated heterocycles. The molecule has 0 unspecified atom stereocenters.